The molecule has 0 aromatic heterocycles. The number of hydrogen-bond acceptors (Lipinski definition) is 18. The maximum atomic E-state index is 11.2. The summed E-state index contributed by atoms with van der Waals surface area (Å²) in [6, 6.07) is 0. The molecule has 0 spiro atoms. The lowest BCUT2D eigenvalue weighted by Gasteiger charge is -2.61. The summed E-state index contributed by atoms with van der Waals surface area (Å²) in [4.78, 5) is 0. The Hall–Kier alpha value is -1.14. The van der Waals surface area contributed by atoms with Gasteiger partial charge in [0.1, 0.15) is 79.4 Å². The first-order valence-corrected chi connectivity index (χ1v) is 23.5. The third kappa shape index (κ3) is 8.68. The lowest BCUT2D eigenvalue weighted by atomic mass is 9.44. The van der Waals surface area contributed by atoms with Crippen molar-refractivity contribution in [2.45, 2.75) is 196 Å². The highest BCUT2D eigenvalue weighted by Crippen LogP contribution is 2.70. The number of ether oxygens (including phenoxy) is 7. The number of rotatable bonds is 13. The number of fused-ring (bicyclic) bond motifs is 7. The number of allylic oxidation sites excluding steroid dienone is 1. The fourth-order valence-electron chi connectivity index (χ4n) is 13.7. The van der Waals surface area contributed by atoms with Crippen LogP contribution in [0, 0.1) is 46.3 Å². The Kier molecular flexibility index (Phi) is 14.6. The molecule has 0 radical (unpaired) electrons. The predicted octanol–water partition coefficient (Wildman–Crippen LogP) is -0.830. The highest BCUT2D eigenvalue weighted by atomic mass is 16.8. The van der Waals surface area contributed by atoms with Gasteiger partial charge in [-0.25, -0.2) is 0 Å². The molecule has 8 aliphatic rings. The van der Waals surface area contributed by atoms with Crippen molar-refractivity contribution in [3.8, 4) is 0 Å². The smallest absolute Gasteiger partial charge is 0.187 e. The van der Waals surface area contributed by atoms with E-state index in [4.69, 9.17) is 33.2 Å². The van der Waals surface area contributed by atoms with E-state index in [1.165, 1.54) is 5.57 Å². The van der Waals surface area contributed by atoms with Gasteiger partial charge in [-0.2, -0.15) is 0 Å². The molecule has 18 nitrogen and oxygen atoms in total. The van der Waals surface area contributed by atoms with Crippen molar-refractivity contribution < 1.29 is 89.3 Å². The van der Waals surface area contributed by atoms with Crippen molar-refractivity contribution >= 4 is 0 Å². The summed E-state index contributed by atoms with van der Waals surface area (Å²) >= 11 is 0. The van der Waals surface area contributed by atoms with Gasteiger partial charge in [0, 0.05) is 12.3 Å². The average molecular weight is 903 g/mol. The second-order valence-electron chi connectivity index (χ2n) is 20.9. The zero-order valence-electron chi connectivity index (χ0n) is 37.0. The van der Waals surface area contributed by atoms with Crippen molar-refractivity contribution in [1.29, 1.82) is 0 Å². The van der Waals surface area contributed by atoms with Crippen molar-refractivity contribution in [1.82, 2.24) is 0 Å². The van der Waals surface area contributed by atoms with E-state index in [1.807, 2.05) is 0 Å². The minimum Gasteiger partial charge on any atom is -0.494 e. The molecule has 18 heteroatoms. The Morgan fingerprint density at radius 3 is 1.87 bits per heavy atom. The summed E-state index contributed by atoms with van der Waals surface area (Å²) < 4.78 is 42.2. The molecule has 8 rings (SSSR count). The molecule has 0 bridgehead atoms. The molecule has 0 amide bonds. The van der Waals surface area contributed by atoms with Crippen LogP contribution in [0.5, 0.6) is 0 Å². The Bertz CT molecular complexity index is 1580. The molecule has 7 fully saturated rings. The third-order valence-electron chi connectivity index (χ3n) is 17.4. The summed E-state index contributed by atoms with van der Waals surface area (Å²) in [5.41, 5.74) is 1.57. The number of aliphatic hydroxyl groups excluding tert-OH is 11. The maximum Gasteiger partial charge on any atom is 0.187 e. The van der Waals surface area contributed by atoms with Gasteiger partial charge in [-0.1, -0.05) is 20.8 Å². The van der Waals surface area contributed by atoms with Gasteiger partial charge >= 0.3 is 0 Å². The molecular weight excluding hydrogens is 828 g/mol. The molecule has 4 aliphatic heterocycles. The zero-order chi connectivity index (χ0) is 45.3. The molecule has 0 aromatic carbocycles. The summed E-state index contributed by atoms with van der Waals surface area (Å²) in [7, 11) is 0. The van der Waals surface area contributed by atoms with E-state index >= 15 is 0 Å². The van der Waals surface area contributed by atoms with Gasteiger partial charge in [0.05, 0.1) is 38.3 Å². The summed E-state index contributed by atoms with van der Waals surface area (Å²) in [6.07, 6.45) is -12.1. The molecule has 0 aromatic rings. The van der Waals surface area contributed by atoms with Gasteiger partial charge in [-0.15, -0.1) is 0 Å². The minimum atomic E-state index is -1.74. The van der Waals surface area contributed by atoms with Gasteiger partial charge < -0.3 is 89.3 Å². The molecule has 25 atom stereocenters. The zero-order valence-corrected chi connectivity index (χ0v) is 37.0. The van der Waals surface area contributed by atoms with E-state index < -0.39 is 112 Å². The SMILES string of the molecule is CC1=C(CCC(C)CO[C@@H]2O[C@H](CO)[C@@H](O)[C@H](O)[C@H]2O)O[C@H]2CC3C4CC[C@H]5C[C@@H](O[C@@H]6O[C@H](CO)[C@H](O)[C@H](O)[C@H]6O[C@@H]6O[C@H](CO)[C@@H](O)[C@H](O)[C@H]6O)CC[C@]5(C)C4CC[C@]3(C)[C@@H]12. The van der Waals surface area contributed by atoms with Gasteiger partial charge in [0.25, 0.3) is 0 Å². The summed E-state index contributed by atoms with van der Waals surface area (Å²) in [5.74, 6) is 3.56. The molecule has 4 saturated carbocycles. The van der Waals surface area contributed by atoms with Crippen LogP contribution in [0.2, 0.25) is 0 Å². The fourth-order valence-corrected chi connectivity index (χ4v) is 13.7. The highest BCUT2D eigenvalue weighted by Gasteiger charge is 2.65. The van der Waals surface area contributed by atoms with E-state index in [9.17, 15) is 56.2 Å². The molecule has 11 N–H and O–H groups in total. The van der Waals surface area contributed by atoms with Crippen molar-refractivity contribution in [3.05, 3.63) is 11.3 Å². The van der Waals surface area contributed by atoms with E-state index in [0.717, 1.165) is 70.0 Å². The van der Waals surface area contributed by atoms with Gasteiger partial charge in [0.15, 0.2) is 18.9 Å². The van der Waals surface area contributed by atoms with Crippen LogP contribution in [0.25, 0.3) is 0 Å². The average Bonchev–Trinajstić information content (AvgIpc) is 3.76. The minimum absolute atomic E-state index is 0.0928. The van der Waals surface area contributed by atoms with Crippen LogP contribution in [0.15, 0.2) is 11.3 Å². The van der Waals surface area contributed by atoms with Crippen LogP contribution >= 0.6 is 0 Å². The predicted molar refractivity (Wildman–Crippen MR) is 218 cm³/mol. The van der Waals surface area contributed by atoms with E-state index in [0.29, 0.717) is 29.6 Å². The Morgan fingerprint density at radius 1 is 0.635 bits per heavy atom. The van der Waals surface area contributed by atoms with Gasteiger partial charge in [-0.05, 0) is 111 Å². The molecule has 3 saturated heterocycles. The van der Waals surface area contributed by atoms with Crippen LogP contribution in [0.3, 0.4) is 0 Å². The maximum absolute atomic E-state index is 11.2. The number of hydrogen-bond donors (Lipinski definition) is 11. The van der Waals surface area contributed by atoms with Crippen LogP contribution in [0.1, 0.15) is 91.9 Å². The first-order chi connectivity index (χ1) is 29.9. The summed E-state index contributed by atoms with van der Waals surface area (Å²) in [6.45, 7) is 7.74. The van der Waals surface area contributed by atoms with Crippen LogP contribution < -0.4 is 0 Å². The van der Waals surface area contributed by atoms with Crippen molar-refractivity contribution in [3.63, 3.8) is 0 Å². The molecule has 4 aliphatic carbocycles. The normalized spacial score (nSPS) is 52.7. The Balaban J connectivity index is 0.872. The van der Waals surface area contributed by atoms with Gasteiger partial charge in [0.2, 0.25) is 0 Å². The van der Waals surface area contributed by atoms with Crippen molar-refractivity contribution in [2.24, 2.45) is 46.3 Å². The van der Waals surface area contributed by atoms with E-state index in [-0.39, 0.29) is 35.6 Å². The van der Waals surface area contributed by atoms with E-state index in [2.05, 4.69) is 27.7 Å². The van der Waals surface area contributed by atoms with Crippen LogP contribution in [-0.2, 0) is 33.2 Å². The quantitative estimate of drug-likeness (QED) is 0.101. The first kappa shape index (κ1) is 48.3. The monoisotopic (exact) mass is 902 g/mol. The fraction of sp³-hybridized carbons (Fsp3) is 0.956. The topological polar surface area (TPSA) is 287 Å². The van der Waals surface area contributed by atoms with Gasteiger partial charge in [-0.3, -0.25) is 0 Å². The van der Waals surface area contributed by atoms with Crippen LogP contribution in [0.4, 0.5) is 0 Å². The molecule has 362 valence electrons. The first-order valence-electron chi connectivity index (χ1n) is 23.5. The number of aliphatic hydroxyl groups is 11. The Labute approximate surface area is 369 Å². The molecule has 4 heterocycles. The lowest BCUT2D eigenvalue weighted by Crippen LogP contribution is -2.65. The highest BCUT2D eigenvalue weighted by molar-refractivity contribution is 5.26. The third-order valence-corrected chi connectivity index (χ3v) is 17.4. The second kappa shape index (κ2) is 19.1. The lowest BCUT2D eigenvalue weighted by molar-refractivity contribution is -0.373. The van der Waals surface area contributed by atoms with Crippen LogP contribution in [-0.4, -0.2) is 187 Å². The largest absolute Gasteiger partial charge is 0.494 e. The second-order valence-corrected chi connectivity index (χ2v) is 20.9. The summed E-state index contributed by atoms with van der Waals surface area (Å²) in [5, 5.41) is 113. The standard InChI is InChI=1S/C45H74O18/c1-19(18-57-41-38(55)35(52)32(49)28(15-46)60-41)5-8-26-20(2)31-27(59-26)14-25-23-7-6-21-13-22(9-11-44(21,3)24(23)10-12-45(25,31)4)58-43-40(37(54)34(51)30(17-48)62-43)63-42-39(56)36(53)33(50)29(16-47)61-42/h19,21-25,27-43,46-56H,5-18H2,1-4H3/t19?,21-,22-,23?,24?,25?,27-,28+,29+,30+,31-,32+,33+,34-,35-,36-,37-,38+,39+,40+,41+,42-,43+,44-,45-/m0/s1. The van der Waals surface area contributed by atoms with Crippen molar-refractivity contribution in [2.75, 3.05) is 26.4 Å². The molecule has 63 heavy (non-hydrogen) atoms. The van der Waals surface area contributed by atoms with E-state index in [1.54, 1.807) is 0 Å². The molecule has 4 unspecified atom stereocenters. The molecular formula is C45H74O18. The Morgan fingerprint density at radius 2 is 1.22 bits per heavy atom.